The Morgan fingerprint density at radius 1 is 1.50 bits per heavy atom. The molecular formula is C11H22N2O. The van der Waals surface area contributed by atoms with Crippen LogP contribution in [0.4, 0.5) is 0 Å². The molecule has 0 unspecified atom stereocenters. The zero-order valence-electron chi connectivity index (χ0n) is 9.55. The van der Waals surface area contributed by atoms with Crippen LogP contribution in [0.1, 0.15) is 39.5 Å². The van der Waals surface area contributed by atoms with Gasteiger partial charge in [0.2, 0.25) is 5.91 Å². The standard InChI is InChI=1S/C11H22N2O/c1-11(2,7-8-12)10(14)13(3)9-5-4-6-9/h9H,4-8,12H2,1-3H3. The Morgan fingerprint density at radius 3 is 2.43 bits per heavy atom. The summed E-state index contributed by atoms with van der Waals surface area (Å²) in [6.07, 6.45) is 4.37. The lowest BCUT2D eigenvalue weighted by Crippen LogP contribution is -2.47. The second-order valence-corrected chi connectivity index (χ2v) is 4.92. The fourth-order valence-corrected chi connectivity index (χ4v) is 1.89. The smallest absolute Gasteiger partial charge is 0.228 e. The average molecular weight is 198 g/mol. The molecule has 3 heteroatoms. The minimum absolute atomic E-state index is 0.243. The second kappa shape index (κ2) is 4.30. The van der Waals surface area contributed by atoms with Gasteiger partial charge in [0.15, 0.2) is 0 Å². The third kappa shape index (κ3) is 2.27. The summed E-state index contributed by atoms with van der Waals surface area (Å²) in [5.41, 5.74) is 5.21. The Kier molecular flexibility index (Phi) is 3.53. The minimum Gasteiger partial charge on any atom is -0.342 e. The van der Waals surface area contributed by atoms with Crippen LogP contribution in [0.5, 0.6) is 0 Å². The number of carbonyl (C=O) groups is 1. The van der Waals surface area contributed by atoms with Crippen molar-refractivity contribution in [1.29, 1.82) is 0 Å². The van der Waals surface area contributed by atoms with Crippen molar-refractivity contribution in [3.8, 4) is 0 Å². The van der Waals surface area contributed by atoms with E-state index in [-0.39, 0.29) is 11.3 Å². The van der Waals surface area contributed by atoms with Crippen LogP contribution in [0, 0.1) is 5.41 Å². The predicted molar refractivity (Wildman–Crippen MR) is 57.9 cm³/mol. The van der Waals surface area contributed by atoms with Crippen molar-refractivity contribution in [3.05, 3.63) is 0 Å². The van der Waals surface area contributed by atoms with Gasteiger partial charge in [0, 0.05) is 18.5 Å². The van der Waals surface area contributed by atoms with E-state index < -0.39 is 0 Å². The molecule has 0 aliphatic heterocycles. The predicted octanol–water partition coefficient (Wildman–Crippen LogP) is 1.37. The fourth-order valence-electron chi connectivity index (χ4n) is 1.89. The first-order chi connectivity index (χ1) is 6.49. The Bertz CT molecular complexity index is 209. The number of amides is 1. The summed E-state index contributed by atoms with van der Waals surface area (Å²) in [6, 6.07) is 0.486. The van der Waals surface area contributed by atoms with Gasteiger partial charge in [0.1, 0.15) is 0 Å². The molecule has 0 aromatic rings. The molecular weight excluding hydrogens is 176 g/mol. The van der Waals surface area contributed by atoms with Gasteiger partial charge in [0.25, 0.3) is 0 Å². The molecule has 0 aromatic carbocycles. The van der Waals surface area contributed by atoms with Crippen molar-refractivity contribution >= 4 is 5.91 Å². The highest BCUT2D eigenvalue weighted by molar-refractivity contribution is 5.82. The lowest BCUT2D eigenvalue weighted by molar-refractivity contribution is -0.143. The Labute approximate surface area is 86.6 Å². The van der Waals surface area contributed by atoms with Crippen LogP contribution in [0.25, 0.3) is 0 Å². The van der Waals surface area contributed by atoms with E-state index in [1.807, 2.05) is 25.8 Å². The first kappa shape index (κ1) is 11.5. The summed E-state index contributed by atoms with van der Waals surface area (Å²) < 4.78 is 0. The van der Waals surface area contributed by atoms with Crippen molar-refractivity contribution in [1.82, 2.24) is 4.90 Å². The van der Waals surface area contributed by atoms with E-state index >= 15 is 0 Å². The first-order valence-corrected chi connectivity index (χ1v) is 5.46. The Morgan fingerprint density at radius 2 is 2.07 bits per heavy atom. The quantitative estimate of drug-likeness (QED) is 0.741. The third-order valence-corrected chi connectivity index (χ3v) is 3.29. The van der Waals surface area contributed by atoms with Crippen LogP contribution < -0.4 is 5.73 Å². The summed E-state index contributed by atoms with van der Waals surface area (Å²) in [5, 5.41) is 0. The van der Waals surface area contributed by atoms with Crippen LogP contribution in [-0.2, 0) is 4.79 Å². The molecule has 1 saturated carbocycles. The largest absolute Gasteiger partial charge is 0.342 e. The van der Waals surface area contributed by atoms with Gasteiger partial charge in [-0.3, -0.25) is 4.79 Å². The lowest BCUT2D eigenvalue weighted by atomic mass is 9.84. The first-order valence-electron chi connectivity index (χ1n) is 5.46. The fraction of sp³-hybridized carbons (Fsp3) is 0.909. The summed E-state index contributed by atoms with van der Waals surface area (Å²) in [5.74, 6) is 0.243. The zero-order chi connectivity index (χ0) is 10.8. The van der Waals surface area contributed by atoms with Gasteiger partial charge in [-0.05, 0) is 32.2 Å². The van der Waals surface area contributed by atoms with Crippen LogP contribution in [0.3, 0.4) is 0 Å². The van der Waals surface area contributed by atoms with Crippen molar-refractivity contribution in [3.63, 3.8) is 0 Å². The van der Waals surface area contributed by atoms with Gasteiger partial charge < -0.3 is 10.6 Å². The monoisotopic (exact) mass is 198 g/mol. The van der Waals surface area contributed by atoms with Crippen LogP contribution in [-0.4, -0.2) is 30.4 Å². The number of nitrogens with zero attached hydrogens (tertiary/aromatic N) is 1. The summed E-state index contributed by atoms with van der Waals surface area (Å²) in [6.45, 7) is 4.55. The molecule has 1 aliphatic rings. The van der Waals surface area contributed by atoms with Gasteiger partial charge in [0.05, 0.1) is 0 Å². The van der Waals surface area contributed by atoms with Crippen LogP contribution in [0.15, 0.2) is 0 Å². The maximum absolute atomic E-state index is 12.1. The van der Waals surface area contributed by atoms with Crippen molar-refractivity contribution in [2.45, 2.75) is 45.6 Å². The molecule has 0 saturated heterocycles. The third-order valence-electron chi connectivity index (χ3n) is 3.29. The topological polar surface area (TPSA) is 46.3 Å². The highest BCUT2D eigenvalue weighted by Gasteiger charge is 2.34. The number of hydrogen-bond acceptors (Lipinski definition) is 2. The van der Waals surface area contributed by atoms with Crippen molar-refractivity contribution < 1.29 is 4.79 Å². The number of hydrogen-bond donors (Lipinski definition) is 1. The van der Waals surface area contributed by atoms with Crippen LogP contribution >= 0.6 is 0 Å². The maximum Gasteiger partial charge on any atom is 0.228 e. The summed E-state index contributed by atoms with van der Waals surface area (Å²) >= 11 is 0. The molecule has 0 heterocycles. The SMILES string of the molecule is CN(C(=O)C(C)(C)CCN)C1CCC1. The van der Waals surface area contributed by atoms with Crippen LogP contribution in [0.2, 0.25) is 0 Å². The number of nitrogens with two attached hydrogens (primary N) is 1. The zero-order valence-corrected chi connectivity index (χ0v) is 9.55. The molecule has 3 nitrogen and oxygen atoms in total. The average Bonchev–Trinajstić information content (AvgIpc) is 1.99. The van der Waals surface area contributed by atoms with E-state index in [4.69, 9.17) is 5.73 Å². The lowest BCUT2D eigenvalue weighted by Gasteiger charge is -2.39. The highest BCUT2D eigenvalue weighted by Crippen LogP contribution is 2.29. The number of rotatable bonds is 4. The van der Waals surface area contributed by atoms with Crippen molar-refractivity contribution in [2.75, 3.05) is 13.6 Å². The van der Waals surface area contributed by atoms with E-state index in [0.29, 0.717) is 12.6 Å². The van der Waals surface area contributed by atoms with E-state index in [9.17, 15) is 4.79 Å². The van der Waals surface area contributed by atoms with Gasteiger partial charge in [-0.2, -0.15) is 0 Å². The van der Waals surface area contributed by atoms with E-state index in [2.05, 4.69) is 0 Å². The normalized spacial score (nSPS) is 17.7. The molecule has 0 aromatic heterocycles. The van der Waals surface area contributed by atoms with E-state index in [0.717, 1.165) is 6.42 Å². The van der Waals surface area contributed by atoms with Gasteiger partial charge in [-0.15, -0.1) is 0 Å². The minimum atomic E-state index is -0.293. The molecule has 1 amide bonds. The van der Waals surface area contributed by atoms with Gasteiger partial charge in [-0.25, -0.2) is 0 Å². The Balaban J connectivity index is 2.53. The molecule has 2 N–H and O–H groups in total. The van der Waals surface area contributed by atoms with E-state index in [1.54, 1.807) is 0 Å². The molecule has 82 valence electrons. The molecule has 0 bridgehead atoms. The molecule has 1 fully saturated rings. The molecule has 0 radical (unpaired) electrons. The van der Waals surface area contributed by atoms with Gasteiger partial charge in [-0.1, -0.05) is 13.8 Å². The molecule has 1 aliphatic carbocycles. The van der Waals surface area contributed by atoms with Gasteiger partial charge >= 0.3 is 0 Å². The summed E-state index contributed by atoms with van der Waals surface area (Å²) in [4.78, 5) is 14.0. The Hall–Kier alpha value is -0.570. The maximum atomic E-state index is 12.1. The molecule has 0 atom stereocenters. The highest BCUT2D eigenvalue weighted by atomic mass is 16.2. The molecule has 1 rings (SSSR count). The molecule has 0 spiro atoms. The molecule has 14 heavy (non-hydrogen) atoms. The van der Waals surface area contributed by atoms with Crippen molar-refractivity contribution in [2.24, 2.45) is 11.1 Å². The second-order valence-electron chi connectivity index (χ2n) is 4.92. The number of carbonyl (C=O) groups excluding carboxylic acids is 1. The van der Waals surface area contributed by atoms with E-state index in [1.165, 1.54) is 19.3 Å². The summed E-state index contributed by atoms with van der Waals surface area (Å²) in [7, 11) is 1.92.